The van der Waals surface area contributed by atoms with Crippen molar-refractivity contribution in [2.45, 2.75) is 62.6 Å². The van der Waals surface area contributed by atoms with Gasteiger partial charge in [0.2, 0.25) is 5.91 Å². The van der Waals surface area contributed by atoms with Gasteiger partial charge in [-0.1, -0.05) is 36.4 Å². The fraction of sp³-hybridized carbons (Fsp3) is 0.536. The van der Waals surface area contributed by atoms with Crippen molar-refractivity contribution in [2.75, 3.05) is 34.4 Å². The number of benzene rings is 2. The van der Waals surface area contributed by atoms with Crippen molar-refractivity contribution in [3.8, 4) is 16.9 Å². The zero-order valence-corrected chi connectivity index (χ0v) is 21.0. The van der Waals surface area contributed by atoms with Crippen molar-refractivity contribution in [1.29, 1.82) is 0 Å². The van der Waals surface area contributed by atoms with Crippen LogP contribution in [-0.2, 0) is 20.7 Å². The Kier molecular flexibility index (Phi) is 8.78. The van der Waals surface area contributed by atoms with E-state index in [0.717, 1.165) is 42.6 Å². The Bertz CT molecular complexity index is 964. The van der Waals surface area contributed by atoms with Gasteiger partial charge in [-0.3, -0.25) is 4.79 Å². The van der Waals surface area contributed by atoms with Crippen LogP contribution in [0.25, 0.3) is 11.1 Å². The molecular weight excluding hydrogens is 444 g/mol. The number of aryl methyl sites for hydroxylation is 1. The van der Waals surface area contributed by atoms with E-state index < -0.39 is 0 Å². The summed E-state index contributed by atoms with van der Waals surface area (Å²) >= 11 is 0. The Morgan fingerprint density at radius 3 is 2.60 bits per heavy atom. The van der Waals surface area contributed by atoms with Gasteiger partial charge in [-0.05, 0) is 75.0 Å². The van der Waals surface area contributed by atoms with Crippen molar-refractivity contribution in [2.24, 2.45) is 0 Å². The minimum Gasteiger partial charge on any atom is -0.497 e. The van der Waals surface area contributed by atoms with Gasteiger partial charge in [0.25, 0.3) is 0 Å². The lowest BCUT2D eigenvalue weighted by Crippen LogP contribution is -2.58. The monoisotopic (exact) mass is 482 g/mol. The fourth-order valence-corrected chi connectivity index (χ4v) is 5.09. The Balaban J connectivity index is 1.41. The number of nitrogens with one attached hydrogen (secondary N) is 1. The number of hydrogen-bond donors (Lipinski definition) is 2. The summed E-state index contributed by atoms with van der Waals surface area (Å²) < 4.78 is 17.9. The van der Waals surface area contributed by atoms with Gasteiger partial charge in [0.1, 0.15) is 5.75 Å². The first kappa shape index (κ1) is 25.6. The normalized spacial score (nSPS) is 26.3. The third kappa shape index (κ3) is 6.82. The summed E-state index contributed by atoms with van der Waals surface area (Å²) in [6.07, 6.45) is 3.77. The van der Waals surface area contributed by atoms with E-state index in [4.69, 9.17) is 14.2 Å². The lowest BCUT2D eigenvalue weighted by atomic mass is 9.88. The molecule has 2 aliphatic heterocycles. The highest BCUT2D eigenvalue weighted by molar-refractivity contribution is 5.78. The first-order valence-electron chi connectivity index (χ1n) is 12.5. The standard InChI is InChI=1S/C28H38N2O5/c1-30(2)17-28(32)29-24-16-27-26(14-12-23(18-31)34-27)35-25(24)13-9-19-7-10-20(11-8-19)21-5-4-6-22(15-21)33-3/h4-8,10-11,15,23-27,31H,9,12-14,16-18H2,1-3H3,(H,29,32)/t23-,24+,25-,26+,27+/m1/s1. The molecular formula is C28H38N2O5. The van der Waals surface area contributed by atoms with Gasteiger partial charge in [0.15, 0.2) is 0 Å². The lowest BCUT2D eigenvalue weighted by molar-refractivity contribution is -0.202. The average Bonchev–Trinajstić information content (AvgIpc) is 2.87. The second kappa shape index (κ2) is 12.0. The van der Waals surface area contributed by atoms with Gasteiger partial charge in [0.05, 0.1) is 50.7 Å². The predicted molar refractivity (Wildman–Crippen MR) is 135 cm³/mol. The van der Waals surface area contributed by atoms with E-state index in [1.807, 2.05) is 37.2 Å². The van der Waals surface area contributed by atoms with Crippen molar-refractivity contribution in [3.05, 3.63) is 54.1 Å². The van der Waals surface area contributed by atoms with E-state index in [0.29, 0.717) is 13.0 Å². The van der Waals surface area contributed by atoms with Gasteiger partial charge < -0.3 is 29.5 Å². The van der Waals surface area contributed by atoms with E-state index in [-0.39, 0.29) is 43.0 Å². The number of likely N-dealkylation sites (N-methyl/N-ethyl adjacent to an activating group) is 1. The second-order valence-electron chi connectivity index (χ2n) is 9.88. The molecule has 7 nitrogen and oxygen atoms in total. The summed E-state index contributed by atoms with van der Waals surface area (Å²) in [4.78, 5) is 14.4. The molecule has 2 aromatic rings. The zero-order chi connectivity index (χ0) is 24.8. The molecule has 0 unspecified atom stereocenters. The van der Waals surface area contributed by atoms with Gasteiger partial charge in [-0.2, -0.15) is 0 Å². The second-order valence-corrected chi connectivity index (χ2v) is 9.88. The van der Waals surface area contributed by atoms with E-state index in [9.17, 15) is 9.90 Å². The van der Waals surface area contributed by atoms with E-state index in [1.54, 1.807) is 7.11 Å². The summed E-state index contributed by atoms with van der Waals surface area (Å²) in [5.41, 5.74) is 3.51. The maximum Gasteiger partial charge on any atom is 0.234 e. The predicted octanol–water partition coefficient (Wildman–Crippen LogP) is 3.04. The minimum absolute atomic E-state index is 0.00999. The highest BCUT2D eigenvalue weighted by Gasteiger charge is 2.42. The molecule has 0 spiro atoms. The number of rotatable bonds is 9. The Morgan fingerprint density at radius 2 is 1.89 bits per heavy atom. The Hall–Kier alpha value is -2.45. The number of fused-ring (bicyclic) bond motifs is 1. The first-order chi connectivity index (χ1) is 16.9. The molecule has 2 fully saturated rings. The molecule has 0 radical (unpaired) electrons. The minimum atomic E-state index is -0.141. The Labute approximate surface area is 208 Å². The van der Waals surface area contributed by atoms with Crippen LogP contribution in [0.4, 0.5) is 0 Å². The average molecular weight is 483 g/mol. The first-order valence-corrected chi connectivity index (χ1v) is 12.5. The van der Waals surface area contributed by atoms with Crippen molar-refractivity contribution in [3.63, 3.8) is 0 Å². The molecule has 2 N–H and O–H groups in total. The maximum absolute atomic E-state index is 12.5. The topological polar surface area (TPSA) is 80.3 Å². The number of hydrogen-bond acceptors (Lipinski definition) is 6. The summed E-state index contributed by atoms with van der Waals surface area (Å²) in [5, 5.41) is 12.7. The Morgan fingerprint density at radius 1 is 1.09 bits per heavy atom. The van der Waals surface area contributed by atoms with Crippen LogP contribution in [0.3, 0.4) is 0 Å². The number of carbonyl (C=O) groups excluding carboxylic acids is 1. The van der Waals surface area contributed by atoms with Gasteiger partial charge >= 0.3 is 0 Å². The molecule has 2 aliphatic rings. The van der Waals surface area contributed by atoms with Gasteiger partial charge in [-0.15, -0.1) is 0 Å². The number of carbonyl (C=O) groups is 1. The van der Waals surface area contributed by atoms with Gasteiger partial charge in [0, 0.05) is 0 Å². The molecule has 1 amide bonds. The molecule has 2 aromatic carbocycles. The number of nitrogens with zero attached hydrogens (tertiary/aromatic N) is 1. The maximum atomic E-state index is 12.5. The molecule has 35 heavy (non-hydrogen) atoms. The molecule has 5 atom stereocenters. The molecule has 0 aliphatic carbocycles. The number of ether oxygens (including phenoxy) is 3. The summed E-state index contributed by atoms with van der Waals surface area (Å²) in [6.45, 7) is 0.360. The molecule has 0 aromatic heterocycles. The fourth-order valence-electron chi connectivity index (χ4n) is 5.09. The molecule has 2 heterocycles. The third-order valence-corrected chi connectivity index (χ3v) is 6.92. The third-order valence-electron chi connectivity index (χ3n) is 6.92. The summed E-state index contributed by atoms with van der Waals surface area (Å²) in [7, 11) is 5.45. The SMILES string of the molecule is COc1cccc(-c2ccc(CC[C@H]3O[C@H]4CC[C@H](CO)O[C@H]4C[C@@H]3NC(=O)CN(C)C)cc2)c1. The van der Waals surface area contributed by atoms with Crippen LogP contribution in [0.5, 0.6) is 5.75 Å². The lowest BCUT2D eigenvalue weighted by Gasteiger charge is -2.45. The molecule has 0 saturated carbocycles. The van der Waals surface area contributed by atoms with E-state index in [1.165, 1.54) is 5.56 Å². The molecule has 7 heteroatoms. The van der Waals surface area contributed by atoms with Crippen molar-refractivity contribution in [1.82, 2.24) is 10.2 Å². The molecule has 2 saturated heterocycles. The zero-order valence-electron chi connectivity index (χ0n) is 21.0. The van der Waals surface area contributed by atoms with Crippen molar-refractivity contribution < 1.29 is 24.1 Å². The smallest absolute Gasteiger partial charge is 0.234 e. The van der Waals surface area contributed by atoms with Crippen LogP contribution < -0.4 is 10.1 Å². The highest BCUT2D eigenvalue weighted by atomic mass is 16.6. The van der Waals surface area contributed by atoms with Gasteiger partial charge in [-0.25, -0.2) is 0 Å². The number of amides is 1. The number of aliphatic hydroxyl groups is 1. The number of aliphatic hydroxyl groups excluding tert-OH is 1. The highest BCUT2D eigenvalue weighted by Crippen LogP contribution is 2.33. The molecule has 0 bridgehead atoms. The van der Waals surface area contributed by atoms with Crippen molar-refractivity contribution >= 4 is 5.91 Å². The van der Waals surface area contributed by atoms with Crippen LogP contribution in [0.1, 0.15) is 31.2 Å². The summed E-state index contributed by atoms with van der Waals surface area (Å²) in [6, 6.07) is 16.6. The largest absolute Gasteiger partial charge is 0.497 e. The molecule has 4 rings (SSSR count). The number of methoxy groups -OCH3 is 1. The quantitative estimate of drug-likeness (QED) is 0.572. The van der Waals surface area contributed by atoms with E-state index >= 15 is 0 Å². The van der Waals surface area contributed by atoms with Crippen LogP contribution >= 0.6 is 0 Å². The van der Waals surface area contributed by atoms with Crippen LogP contribution in [0.2, 0.25) is 0 Å². The van der Waals surface area contributed by atoms with Crippen LogP contribution in [0.15, 0.2) is 48.5 Å². The van der Waals surface area contributed by atoms with Crippen LogP contribution in [-0.4, -0.2) is 80.7 Å². The molecule has 190 valence electrons. The van der Waals surface area contributed by atoms with Crippen LogP contribution in [0, 0.1) is 0 Å². The van der Waals surface area contributed by atoms with E-state index in [2.05, 4.69) is 35.6 Å². The summed E-state index contributed by atoms with van der Waals surface area (Å²) in [5.74, 6) is 0.836.